The summed E-state index contributed by atoms with van der Waals surface area (Å²) >= 11 is 1.80. The van der Waals surface area contributed by atoms with E-state index in [4.69, 9.17) is 9.73 Å². The number of aromatic nitrogens is 1. The molecule has 2 fully saturated rings. The molecule has 0 radical (unpaired) electrons. The van der Waals surface area contributed by atoms with E-state index in [1.807, 2.05) is 24.3 Å². The first-order valence-electron chi connectivity index (χ1n) is 9.75. The molecule has 2 aromatic rings. The lowest BCUT2D eigenvalue weighted by Gasteiger charge is -2.31. The molecule has 0 bridgehead atoms. The van der Waals surface area contributed by atoms with Crippen molar-refractivity contribution in [2.24, 2.45) is 4.99 Å². The van der Waals surface area contributed by atoms with Gasteiger partial charge in [-0.25, -0.2) is 4.39 Å². The van der Waals surface area contributed by atoms with Crippen molar-refractivity contribution in [3.8, 4) is 0 Å². The van der Waals surface area contributed by atoms with Crippen LogP contribution in [0.2, 0.25) is 0 Å². The number of aliphatic imine (C=N–C) groups is 1. The van der Waals surface area contributed by atoms with E-state index < -0.39 is 0 Å². The van der Waals surface area contributed by atoms with Crippen LogP contribution in [0.4, 0.5) is 10.1 Å². The standard InChI is InChI=1S/C21H23FN4OS/c1-14-13-26-20(19(24-21(26)28-14)17-4-2-3-7-23-17)15-5-6-18(16(22)12-15)25-8-10-27-11-9-25/h2-7,12,14,19-20H,8-11,13H2,1H3/t14-,19+,20-/m0/s1. The van der Waals surface area contributed by atoms with E-state index in [1.54, 1.807) is 24.0 Å². The second kappa shape index (κ2) is 7.37. The quantitative estimate of drug-likeness (QED) is 0.790. The van der Waals surface area contributed by atoms with Crippen molar-refractivity contribution in [2.45, 2.75) is 24.3 Å². The van der Waals surface area contributed by atoms with Crippen LogP contribution in [0, 0.1) is 5.82 Å². The normalized spacial score (nSPS) is 27.1. The SMILES string of the molecule is C[C@H]1CN2C(=N[C@H](c3ccccn3)[C@@H]2c2ccc(N3CCOCC3)c(F)c2)S1. The Kier molecular flexibility index (Phi) is 4.72. The molecule has 4 heterocycles. The zero-order valence-corrected chi connectivity index (χ0v) is 16.6. The van der Waals surface area contributed by atoms with E-state index in [1.165, 1.54) is 0 Å². The molecular weight excluding hydrogens is 375 g/mol. The zero-order valence-electron chi connectivity index (χ0n) is 15.8. The van der Waals surface area contributed by atoms with Crippen molar-refractivity contribution in [2.75, 3.05) is 37.7 Å². The van der Waals surface area contributed by atoms with E-state index in [-0.39, 0.29) is 17.9 Å². The van der Waals surface area contributed by atoms with Gasteiger partial charge in [-0.05, 0) is 29.8 Å². The third-order valence-electron chi connectivity index (χ3n) is 5.55. The maximum Gasteiger partial charge on any atom is 0.160 e. The molecule has 3 aliphatic rings. The number of hydrogen-bond donors (Lipinski definition) is 0. The van der Waals surface area contributed by atoms with Crippen LogP contribution >= 0.6 is 11.8 Å². The Balaban J connectivity index is 1.50. The van der Waals surface area contributed by atoms with E-state index in [2.05, 4.69) is 27.8 Å². The Morgan fingerprint density at radius 3 is 2.79 bits per heavy atom. The third-order valence-corrected chi connectivity index (χ3v) is 6.65. The number of anilines is 1. The second-order valence-electron chi connectivity index (χ2n) is 7.45. The molecule has 1 aromatic carbocycles. The zero-order chi connectivity index (χ0) is 19.1. The fourth-order valence-electron chi connectivity index (χ4n) is 4.25. The number of rotatable bonds is 3. The Morgan fingerprint density at radius 1 is 1.18 bits per heavy atom. The molecule has 0 aliphatic carbocycles. The van der Waals surface area contributed by atoms with Crippen LogP contribution in [-0.2, 0) is 4.74 Å². The van der Waals surface area contributed by atoms with Gasteiger partial charge in [0.05, 0.1) is 30.6 Å². The van der Waals surface area contributed by atoms with Gasteiger partial charge in [0.25, 0.3) is 0 Å². The predicted octanol–water partition coefficient (Wildman–Crippen LogP) is 3.65. The maximum atomic E-state index is 15.1. The van der Waals surface area contributed by atoms with E-state index in [0.717, 1.165) is 36.1 Å². The smallest absolute Gasteiger partial charge is 0.160 e. The first-order valence-corrected chi connectivity index (χ1v) is 10.6. The van der Waals surface area contributed by atoms with Crippen LogP contribution in [0.25, 0.3) is 0 Å². The summed E-state index contributed by atoms with van der Waals surface area (Å²) in [6.45, 7) is 5.87. The lowest BCUT2D eigenvalue weighted by molar-refractivity contribution is 0.122. The van der Waals surface area contributed by atoms with Crippen LogP contribution in [-0.4, -0.2) is 53.1 Å². The summed E-state index contributed by atoms with van der Waals surface area (Å²) in [5.74, 6) is -0.174. The highest BCUT2D eigenvalue weighted by Crippen LogP contribution is 2.47. The van der Waals surface area contributed by atoms with Gasteiger partial charge >= 0.3 is 0 Å². The first-order chi connectivity index (χ1) is 13.7. The second-order valence-corrected chi connectivity index (χ2v) is 8.85. The number of hydrogen-bond acceptors (Lipinski definition) is 6. The number of ether oxygens (including phenoxy) is 1. The molecule has 2 saturated heterocycles. The molecule has 7 heteroatoms. The average molecular weight is 399 g/mol. The fraction of sp³-hybridized carbons (Fsp3) is 0.429. The number of benzene rings is 1. The van der Waals surface area contributed by atoms with Gasteiger partial charge in [0.15, 0.2) is 5.17 Å². The summed E-state index contributed by atoms with van der Waals surface area (Å²) in [4.78, 5) is 13.9. The lowest BCUT2D eigenvalue weighted by atomic mass is 9.96. The summed E-state index contributed by atoms with van der Waals surface area (Å²) in [5, 5.41) is 1.54. The van der Waals surface area contributed by atoms with Crippen molar-refractivity contribution in [1.29, 1.82) is 0 Å². The number of amidine groups is 1. The van der Waals surface area contributed by atoms with Gasteiger partial charge in [-0.1, -0.05) is 30.8 Å². The Morgan fingerprint density at radius 2 is 2.04 bits per heavy atom. The molecule has 3 aliphatic heterocycles. The van der Waals surface area contributed by atoms with Gasteiger partial charge < -0.3 is 14.5 Å². The molecular formula is C21H23FN4OS. The van der Waals surface area contributed by atoms with Gasteiger partial charge in [0.1, 0.15) is 11.9 Å². The van der Waals surface area contributed by atoms with E-state index >= 15 is 4.39 Å². The minimum absolute atomic E-state index is 0.0180. The molecule has 0 spiro atoms. The van der Waals surface area contributed by atoms with Crippen molar-refractivity contribution in [1.82, 2.24) is 9.88 Å². The lowest BCUT2D eigenvalue weighted by Crippen LogP contribution is -2.36. The topological polar surface area (TPSA) is 41.0 Å². The van der Waals surface area contributed by atoms with E-state index in [9.17, 15) is 0 Å². The van der Waals surface area contributed by atoms with Crippen LogP contribution in [0.5, 0.6) is 0 Å². The van der Waals surface area contributed by atoms with Crippen LogP contribution in [0.15, 0.2) is 47.6 Å². The summed E-state index contributed by atoms with van der Waals surface area (Å²) in [7, 11) is 0. The van der Waals surface area contributed by atoms with Crippen molar-refractivity contribution < 1.29 is 9.13 Å². The van der Waals surface area contributed by atoms with Crippen LogP contribution in [0.1, 0.15) is 30.3 Å². The highest BCUT2D eigenvalue weighted by Gasteiger charge is 2.43. The largest absolute Gasteiger partial charge is 0.378 e. The van der Waals surface area contributed by atoms with Crippen molar-refractivity contribution in [3.05, 3.63) is 59.7 Å². The Labute approximate surface area is 168 Å². The summed E-state index contributed by atoms with van der Waals surface area (Å²) in [6, 6.07) is 11.4. The monoisotopic (exact) mass is 398 g/mol. The number of morpholine rings is 1. The fourth-order valence-corrected chi connectivity index (χ4v) is 5.34. The van der Waals surface area contributed by atoms with Crippen molar-refractivity contribution in [3.63, 3.8) is 0 Å². The third kappa shape index (κ3) is 3.16. The molecule has 0 amide bonds. The first kappa shape index (κ1) is 17.9. The molecule has 5 rings (SSSR count). The number of fused-ring (bicyclic) bond motifs is 1. The molecule has 5 nitrogen and oxygen atoms in total. The highest BCUT2D eigenvalue weighted by molar-refractivity contribution is 8.14. The number of pyridine rings is 1. The minimum Gasteiger partial charge on any atom is -0.378 e. The molecule has 0 N–H and O–H groups in total. The predicted molar refractivity (Wildman–Crippen MR) is 110 cm³/mol. The summed E-state index contributed by atoms with van der Waals surface area (Å²) in [5.41, 5.74) is 2.55. The van der Waals surface area contributed by atoms with Gasteiger partial charge in [0.2, 0.25) is 0 Å². The molecule has 1 aromatic heterocycles. The highest BCUT2D eigenvalue weighted by atomic mass is 32.2. The molecule has 3 atom stereocenters. The number of nitrogens with zero attached hydrogens (tertiary/aromatic N) is 4. The van der Waals surface area contributed by atoms with Gasteiger partial charge in [0, 0.05) is 31.1 Å². The van der Waals surface area contributed by atoms with Gasteiger partial charge in [-0.3, -0.25) is 9.98 Å². The Hall–Kier alpha value is -2.12. The van der Waals surface area contributed by atoms with Crippen molar-refractivity contribution >= 4 is 22.6 Å². The number of halogens is 1. The maximum absolute atomic E-state index is 15.1. The van der Waals surface area contributed by atoms with Gasteiger partial charge in [-0.15, -0.1) is 0 Å². The average Bonchev–Trinajstić information content (AvgIpc) is 3.25. The minimum atomic E-state index is -0.174. The van der Waals surface area contributed by atoms with Crippen LogP contribution < -0.4 is 4.90 Å². The molecule has 0 saturated carbocycles. The Bertz CT molecular complexity index is 887. The number of thioether (sulfide) groups is 1. The molecule has 146 valence electrons. The van der Waals surface area contributed by atoms with Gasteiger partial charge in [-0.2, -0.15) is 0 Å². The molecule has 28 heavy (non-hydrogen) atoms. The molecule has 0 unspecified atom stereocenters. The van der Waals surface area contributed by atoms with E-state index in [0.29, 0.717) is 24.2 Å². The van der Waals surface area contributed by atoms with Crippen LogP contribution in [0.3, 0.4) is 0 Å². The summed E-state index contributed by atoms with van der Waals surface area (Å²) < 4.78 is 20.5. The summed E-state index contributed by atoms with van der Waals surface area (Å²) in [6.07, 6.45) is 1.80.